The lowest BCUT2D eigenvalue weighted by Crippen LogP contribution is -2.35. The molecule has 1 saturated heterocycles. The molecule has 1 aromatic heterocycles. The maximum Gasteiger partial charge on any atom is 0.152 e. The zero-order valence-corrected chi connectivity index (χ0v) is 10.1. The summed E-state index contributed by atoms with van der Waals surface area (Å²) in [5.74, 6) is 1.98. The molecule has 2 unspecified atom stereocenters. The second kappa shape index (κ2) is 4.74. The molecule has 5 nitrogen and oxygen atoms in total. The summed E-state index contributed by atoms with van der Waals surface area (Å²) in [4.78, 5) is 4.58. The van der Waals surface area contributed by atoms with Gasteiger partial charge in [0.25, 0.3) is 0 Å². The highest BCUT2D eigenvalue weighted by Crippen LogP contribution is 2.15. The summed E-state index contributed by atoms with van der Waals surface area (Å²) in [5.41, 5.74) is 0. The molecule has 0 spiro atoms. The van der Waals surface area contributed by atoms with E-state index in [1.165, 1.54) is 19.3 Å². The number of hydrogen-bond donors (Lipinski definition) is 2. The van der Waals surface area contributed by atoms with Gasteiger partial charge in [0.05, 0.1) is 12.6 Å². The lowest BCUT2D eigenvalue weighted by molar-refractivity contribution is 0.124. The van der Waals surface area contributed by atoms with Crippen molar-refractivity contribution in [3.8, 4) is 0 Å². The van der Waals surface area contributed by atoms with Gasteiger partial charge in [-0.1, -0.05) is 6.42 Å². The number of hydrogen-bond acceptors (Lipinski definition) is 4. The molecular weight excluding hydrogens is 216 g/mol. The van der Waals surface area contributed by atoms with Crippen LogP contribution in [0.5, 0.6) is 0 Å². The number of aromatic nitrogens is 3. The Balaban J connectivity index is 1.67. The Kier molecular flexibility index (Phi) is 3.11. The van der Waals surface area contributed by atoms with Gasteiger partial charge in [-0.05, 0) is 25.8 Å². The molecule has 17 heavy (non-hydrogen) atoms. The Bertz CT molecular complexity index is 384. The van der Waals surface area contributed by atoms with Gasteiger partial charge in [-0.2, -0.15) is 5.10 Å². The topological polar surface area (TPSA) is 63.0 Å². The average Bonchev–Trinajstić information content (AvgIpc) is 2.71. The van der Waals surface area contributed by atoms with Crippen LogP contribution in [0.15, 0.2) is 0 Å². The lowest BCUT2D eigenvalue weighted by Gasteiger charge is -2.21. The van der Waals surface area contributed by atoms with Crippen molar-refractivity contribution in [3.63, 3.8) is 0 Å². The van der Waals surface area contributed by atoms with Crippen molar-refractivity contribution >= 4 is 0 Å². The van der Waals surface area contributed by atoms with E-state index >= 15 is 0 Å². The molecule has 0 aliphatic carbocycles. The lowest BCUT2D eigenvalue weighted by atomic mass is 10.0. The Morgan fingerprint density at radius 1 is 1.35 bits per heavy atom. The second-order valence-corrected chi connectivity index (χ2v) is 5.17. The monoisotopic (exact) mass is 236 g/mol. The van der Waals surface area contributed by atoms with Crippen molar-refractivity contribution in [2.24, 2.45) is 0 Å². The summed E-state index contributed by atoms with van der Waals surface area (Å²) in [6, 6.07) is 0.540. The molecule has 1 aromatic rings. The molecule has 2 N–H and O–H groups in total. The van der Waals surface area contributed by atoms with Crippen LogP contribution in [0.4, 0.5) is 0 Å². The second-order valence-electron chi connectivity index (χ2n) is 5.17. The molecule has 1 fully saturated rings. The highest BCUT2D eigenvalue weighted by Gasteiger charge is 2.21. The predicted octanol–water partition coefficient (Wildman–Crippen LogP) is 0.270. The number of fused-ring (bicyclic) bond motifs is 1. The average molecular weight is 236 g/mol. The smallest absolute Gasteiger partial charge is 0.152 e. The van der Waals surface area contributed by atoms with E-state index in [2.05, 4.69) is 15.4 Å². The summed E-state index contributed by atoms with van der Waals surface area (Å²) < 4.78 is 1.88. The molecule has 0 aromatic carbocycles. The van der Waals surface area contributed by atoms with Crippen LogP contribution < -0.4 is 5.32 Å². The first-order valence-electron chi connectivity index (χ1n) is 6.65. The zero-order valence-electron chi connectivity index (χ0n) is 10.1. The Morgan fingerprint density at radius 2 is 2.29 bits per heavy atom. The SMILES string of the molecule is OC1CCc2nc(CC3CCCCN3)nn2C1. The van der Waals surface area contributed by atoms with E-state index in [1.807, 2.05) is 4.68 Å². The number of aliphatic hydroxyl groups excluding tert-OH is 1. The number of nitrogens with one attached hydrogen (secondary N) is 1. The van der Waals surface area contributed by atoms with E-state index in [4.69, 9.17) is 0 Å². The van der Waals surface area contributed by atoms with Crippen molar-refractivity contribution in [2.45, 2.75) is 57.2 Å². The van der Waals surface area contributed by atoms with Crippen molar-refractivity contribution in [3.05, 3.63) is 11.6 Å². The number of piperidine rings is 1. The van der Waals surface area contributed by atoms with E-state index in [0.29, 0.717) is 12.6 Å². The molecule has 3 heterocycles. The van der Waals surface area contributed by atoms with E-state index in [-0.39, 0.29) is 6.10 Å². The fourth-order valence-electron chi connectivity index (χ4n) is 2.75. The van der Waals surface area contributed by atoms with Crippen molar-refractivity contribution in [2.75, 3.05) is 6.54 Å². The molecule has 2 aliphatic rings. The maximum absolute atomic E-state index is 9.59. The van der Waals surface area contributed by atoms with Crippen LogP contribution in [-0.2, 0) is 19.4 Å². The quantitative estimate of drug-likeness (QED) is 0.773. The molecule has 0 saturated carbocycles. The van der Waals surface area contributed by atoms with Crippen LogP contribution in [0.25, 0.3) is 0 Å². The number of aryl methyl sites for hydroxylation is 1. The number of nitrogens with zero attached hydrogens (tertiary/aromatic N) is 3. The fourth-order valence-corrected chi connectivity index (χ4v) is 2.75. The third-order valence-corrected chi connectivity index (χ3v) is 3.72. The maximum atomic E-state index is 9.59. The third kappa shape index (κ3) is 2.50. The summed E-state index contributed by atoms with van der Waals surface area (Å²) in [6.07, 6.45) is 6.18. The number of rotatable bonds is 2. The first-order chi connectivity index (χ1) is 8.31. The van der Waals surface area contributed by atoms with Gasteiger partial charge in [-0.3, -0.25) is 0 Å². The van der Waals surface area contributed by atoms with Crippen molar-refractivity contribution in [1.29, 1.82) is 0 Å². The summed E-state index contributed by atoms with van der Waals surface area (Å²) in [5, 5.41) is 17.6. The molecule has 2 atom stereocenters. The largest absolute Gasteiger partial charge is 0.391 e. The van der Waals surface area contributed by atoms with E-state index in [1.54, 1.807) is 0 Å². The van der Waals surface area contributed by atoms with Gasteiger partial charge in [-0.25, -0.2) is 9.67 Å². The number of aliphatic hydroxyl groups is 1. The van der Waals surface area contributed by atoms with Crippen LogP contribution >= 0.6 is 0 Å². The van der Waals surface area contributed by atoms with Crippen LogP contribution in [0.3, 0.4) is 0 Å². The summed E-state index contributed by atoms with van der Waals surface area (Å²) in [7, 11) is 0. The first kappa shape index (κ1) is 11.2. The third-order valence-electron chi connectivity index (χ3n) is 3.72. The molecule has 0 bridgehead atoms. The van der Waals surface area contributed by atoms with Gasteiger partial charge in [0.15, 0.2) is 5.82 Å². The Labute approximate surface area is 101 Å². The van der Waals surface area contributed by atoms with Gasteiger partial charge in [0.1, 0.15) is 5.82 Å². The molecule has 2 aliphatic heterocycles. The van der Waals surface area contributed by atoms with E-state index in [9.17, 15) is 5.11 Å². The molecular formula is C12H20N4O. The minimum atomic E-state index is -0.246. The highest BCUT2D eigenvalue weighted by molar-refractivity contribution is 4.99. The summed E-state index contributed by atoms with van der Waals surface area (Å²) >= 11 is 0. The molecule has 0 radical (unpaired) electrons. The van der Waals surface area contributed by atoms with Crippen LogP contribution in [0.1, 0.15) is 37.3 Å². The van der Waals surface area contributed by atoms with Crippen molar-refractivity contribution in [1.82, 2.24) is 20.1 Å². The molecule has 0 amide bonds. The molecule has 94 valence electrons. The summed E-state index contributed by atoms with van der Waals surface area (Å²) in [6.45, 7) is 1.73. The normalized spacial score (nSPS) is 29.0. The minimum Gasteiger partial charge on any atom is -0.391 e. The van der Waals surface area contributed by atoms with Gasteiger partial charge in [0.2, 0.25) is 0 Å². The van der Waals surface area contributed by atoms with Gasteiger partial charge < -0.3 is 10.4 Å². The van der Waals surface area contributed by atoms with Gasteiger partial charge >= 0.3 is 0 Å². The zero-order chi connectivity index (χ0) is 11.7. The molecule has 3 rings (SSSR count). The minimum absolute atomic E-state index is 0.246. The highest BCUT2D eigenvalue weighted by atomic mass is 16.3. The fraction of sp³-hybridized carbons (Fsp3) is 0.833. The van der Waals surface area contributed by atoms with Gasteiger partial charge in [0, 0.05) is 18.9 Å². The first-order valence-corrected chi connectivity index (χ1v) is 6.65. The van der Waals surface area contributed by atoms with Gasteiger partial charge in [-0.15, -0.1) is 0 Å². The van der Waals surface area contributed by atoms with Crippen LogP contribution in [0, 0.1) is 0 Å². The molecule has 5 heteroatoms. The van der Waals surface area contributed by atoms with E-state index in [0.717, 1.165) is 37.5 Å². The Morgan fingerprint density at radius 3 is 3.12 bits per heavy atom. The standard InChI is InChI=1S/C12H20N4O/c17-10-4-5-12-14-11(15-16(12)8-10)7-9-3-1-2-6-13-9/h9-10,13,17H,1-8H2. The predicted molar refractivity (Wildman–Crippen MR) is 63.7 cm³/mol. The Hall–Kier alpha value is -0.940. The van der Waals surface area contributed by atoms with Crippen molar-refractivity contribution < 1.29 is 5.11 Å². The van der Waals surface area contributed by atoms with Crippen LogP contribution in [0.2, 0.25) is 0 Å². The van der Waals surface area contributed by atoms with Crippen LogP contribution in [-0.4, -0.2) is 38.6 Å². The van der Waals surface area contributed by atoms with E-state index < -0.39 is 0 Å².